The van der Waals surface area contributed by atoms with Gasteiger partial charge in [0.05, 0.1) is 30.2 Å². The van der Waals surface area contributed by atoms with Crippen molar-refractivity contribution >= 4 is 23.4 Å². The van der Waals surface area contributed by atoms with E-state index in [1.54, 1.807) is 37.1 Å². The lowest BCUT2D eigenvalue weighted by molar-refractivity contribution is -0.134. The Hall–Kier alpha value is -4.18. The summed E-state index contributed by atoms with van der Waals surface area (Å²) in [5.41, 5.74) is 1.98. The van der Waals surface area contributed by atoms with Crippen LogP contribution >= 0.6 is 0 Å². The molecule has 0 bridgehead atoms. The van der Waals surface area contributed by atoms with Gasteiger partial charge < -0.3 is 29.5 Å². The van der Waals surface area contributed by atoms with Gasteiger partial charge in [-0.3, -0.25) is 14.4 Å². The van der Waals surface area contributed by atoms with Crippen LogP contribution in [0, 0.1) is 6.92 Å². The second kappa shape index (κ2) is 11.3. The molecule has 0 spiro atoms. The molecule has 204 valence electrons. The second-order valence-electron chi connectivity index (χ2n) is 10.1. The minimum absolute atomic E-state index is 0.0771. The molecule has 2 aliphatic rings. The maximum absolute atomic E-state index is 13.5. The van der Waals surface area contributed by atoms with Gasteiger partial charge in [0.25, 0.3) is 11.8 Å². The zero-order chi connectivity index (χ0) is 27.5. The molecule has 10 nitrogen and oxygen atoms in total. The fraction of sp³-hybridized carbons (Fsp3) is 0.379. The maximum atomic E-state index is 13.5. The molecule has 2 aliphatic heterocycles. The molecule has 0 aliphatic carbocycles. The highest BCUT2D eigenvalue weighted by molar-refractivity contribution is 6.04. The summed E-state index contributed by atoms with van der Waals surface area (Å²) in [4.78, 5) is 40.3. The molecule has 1 fully saturated rings. The van der Waals surface area contributed by atoms with Crippen LogP contribution in [0.2, 0.25) is 0 Å². The number of ether oxygens (including phenoxy) is 2. The smallest absolute Gasteiger partial charge is 0.277 e. The third-order valence-electron chi connectivity index (χ3n) is 7.22. The third-order valence-corrected chi connectivity index (χ3v) is 7.22. The minimum atomic E-state index is -0.437. The highest BCUT2D eigenvalue weighted by Crippen LogP contribution is 2.32. The molecule has 1 aromatic heterocycles. The molecule has 0 saturated carbocycles. The Bertz CT molecular complexity index is 1360. The minimum Gasteiger partial charge on any atom is -0.490 e. The Labute approximate surface area is 226 Å². The van der Waals surface area contributed by atoms with Gasteiger partial charge in [0.1, 0.15) is 24.2 Å². The normalized spacial score (nSPS) is 21.5. The number of aryl methyl sites for hydroxylation is 1. The Morgan fingerprint density at radius 3 is 2.67 bits per heavy atom. The van der Waals surface area contributed by atoms with E-state index in [1.165, 1.54) is 6.07 Å². The highest BCUT2D eigenvalue weighted by Gasteiger charge is 2.39. The number of carbonyl (C=O) groups is 3. The number of rotatable bonds is 6. The Balaban J connectivity index is 1.23. The van der Waals surface area contributed by atoms with Crippen molar-refractivity contribution in [1.29, 1.82) is 0 Å². The Morgan fingerprint density at radius 2 is 1.92 bits per heavy atom. The number of hydrogen-bond acceptors (Lipinski definition) is 7. The first-order valence-corrected chi connectivity index (χ1v) is 13.1. The van der Waals surface area contributed by atoms with Gasteiger partial charge in [-0.25, -0.2) is 0 Å². The van der Waals surface area contributed by atoms with E-state index < -0.39 is 5.91 Å². The van der Waals surface area contributed by atoms with E-state index in [1.807, 2.05) is 37.3 Å². The van der Waals surface area contributed by atoms with Gasteiger partial charge >= 0.3 is 0 Å². The molecule has 10 heteroatoms. The molecule has 4 atom stereocenters. The van der Waals surface area contributed by atoms with Crippen molar-refractivity contribution < 1.29 is 28.4 Å². The third kappa shape index (κ3) is 5.96. The van der Waals surface area contributed by atoms with Crippen LogP contribution in [0.1, 0.15) is 64.4 Å². The van der Waals surface area contributed by atoms with Crippen LogP contribution in [0.4, 0.5) is 5.69 Å². The molecule has 3 amide bonds. The maximum Gasteiger partial charge on any atom is 0.277 e. The first-order chi connectivity index (χ1) is 18.8. The zero-order valence-electron chi connectivity index (χ0n) is 22.2. The lowest BCUT2D eigenvalue weighted by atomic mass is 9.94. The predicted octanol–water partition coefficient (Wildman–Crippen LogP) is 3.88. The van der Waals surface area contributed by atoms with Crippen molar-refractivity contribution in [3.63, 3.8) is 0 Å². The van der Waals surface area contributed by atoms with Crippen molar-refractivity contribution in [3.8, 4) is 5.75 Å². The largest absolute Gasteiger partial charge is 0.490 e. The molecule has 1 saturated heterocycles. The lowest BCUT2D eigenvalue weighted by Crippen LogP contribution is -2.54. The SMILES string of the molecule is Cc1cc(C(=O)Nc2ccc3c(c2)C(=O)N(C)[C@@H]2CC[C@@H](CC(=O)N[C@@H](C)c4ccccc4)O[C@@H]2CO3)no1. The van der Waals surface area contributed by atoms with Crippen LogP contribution in [-0.2, 0) is 9.53 Å². The van der Waals surface area contributed by atoms with Crippen LogP contribution in [0.15, 0.2) is 59.1 Å². The molecule has 3 heterocycles. The van der Waals surface area contributed by atoms with Gasteiger partial charge in [-0.15, -0.1) is 0 Å². The molecule has 2 aromatic carbocycles. The summed E-state index contributed by atoms with van der Waals surface area (Å²) in [5.74, 6) is 0.183. The van der Waals surface area contributed by atoms with Gasteiger partial charge in [-0.1, -0.05) is 35.5 Å². The van der Waals surface area contributed by atoms with Crippen LogP contribution in [0.5, 0.6) is 5.75 Å². The van der Waals surface area contributed by atoms with Gasteiger partial charge in [-0.05, 0) is 50.5 Å². The fourth-order valence-electron chi connectivity index (χ4n) is 5.11. The number of aromatic nitrogens is 1. The summed E-state index contributed by atoms with van der Waals surface area (Å²) in [5, 5.41) is 9.51. The first kappa shape index (κ1) is 26.4. The number of likely N-dealkylation sites (N-methyl/N-ethyl adjacent to an activating group) is 1. The van der Waals surface area contributed by atoms with E-state index in [0.717, 1.165) is 5.56 Å². The van der Waals surface area contributed by atoms with Gasteiger partial charge in [0.15, 0.2) is 5.69 Å². The van der Waals surface area contributed by atoms with E-state index in [2.05, 4.69) is 15.8 Å². The highest BCUT2D eigenvalue weighted by atomic mass is 16.5. The van der Waals surface area contributed by atoms with E-state index in [9.17, 15) is 14.4 Å². The number of hydrogen-bond donors (Lipinski definition) is 2. The standard InChI is InChI=1S/C29H32N4O6/c1-17-13-23(32-39-17)28(35)31-20-9-12-25-22(14-20)29(36)33(3)24-11-10-21(38-26(24)16-37-25)15-27(34)30-18(2)19-7-5-4-6-8-19/h4-9,12-14,18,21,24,26H,10-11,15-16H2,1-3H3,(H,30,34)(H,31,35)/t18-,21-,24+,26+/m0/s1. The first-order valence-electron chi connectivity index (χ1n) is 13.1. The summed E-state index contributed by atoms with van der Waals surface area (Å²) in [6.45, 7) is 3.89. The fourth-order valence-corrected chi connectivity index (χ4v) is 5.11. The summed E-state index contributed by atoms with van der Waals surface area (Å²) < 4.78 is 17.3. The van der Waals surface area contributed by atoms with Gasteiger partial charge in [0.2, 0.25) is 5.91 Å². The molecule has 2 N–H and O–H groups in total. The number of anilines is 1. The number of benzene rings is 2. The molecular weight excluding hydrogens is 500 g/mol. The average Bonchev–Trinajstić information content (AvgIpc) is 3.38. The molecule has 5 rings (SSSR count). The van der Waals surface area contributed by atoms with Crippen molar-refractivity contribution in [1.82, 2.24) is 15.4 Å². The Kier molecular flexibility index (Phi) is 7.65. The van der Waals surface area contributed by atoms with Crippen LogP contribution in [0.3, 0.4) is 0 Å². The van der Waals surface area contributed by atoms with E-state index in [4.69, 9.17) is 14.0 Å². The van der Waals surface area contributed by atoms with E-state index in [0.29, 0.717) is 35.6 Å². The topological polar surface area (TPSA) is 123 Å². The van der Waals surface area contributed by atoms with E-state index in [-0.39, 0.29) is 54.8 Å². The zero-order valence-corrected chi connectivity index (χ0v) is 22.2. The molecule has 0 unspecified atom stereocenters. The second-order valence-corrected chi connectivity index (χ2v) is 10.1. The molecule has 3 aromatic rings. The van der Waals surface area contributed by atoms with Crippen LogP contribution < -0.4 is 15.4 Å². The number of nitrogens with zero attached hydrogens (tertiary/aromatic N) is 2. The summed E-state index contributed by atoms with van der Waals surface area (Å²) in [7, 11) is 1.75. The number of carbonyl (C=O) groups excluding carboxylic acids is 3. The van der Waals surface area contributed by atoms with Gasteiger partial charge in [-0.2, -0.15) is 0 Å². The number of fused-ring (bicyclic) bond motifs is 2. The molecule has 39 heavy (non-hydrogen) atoms. The molecular formula is C29H32N4O6. The summed E-state index contributed by atoms with van der Waals surface area (Å²) in [6.07, 6.45) is 0.923. The van der Waals surface area contributed by atoms with Crippen LogP contribution in [0.25, 0.3) is 0 Å². The monoisotopic (exact) mass is 532 g/mol. The number of amides is 3. The molecule has 0 radical (unpaired) electrons. The summed E-state index contributed by atoms with van der Waals surface area (Å²) >= 11 is 0. The van der Waals surface area contributed by atoms with Gasteiger partial charge in [0, 0.05) is 18.8 Å². The van der Waals surface area contributed by atoms with Crippen LogP contribution in [-0.4, -0.2) is 59.7 Å². The van der Waals surface area contributed by atoms with Crippen molar-refractivity contribution in [3.05, 3.63) is 77.2 Å². The van der Waals surface area contributed by atoms with E-state index >= 15 is 0 Å². The summed E-state index contributed by atoms with van der Waals surface area (Å²) in [6, 6.07) is 16.0. The Morgan fingerprint density at radius 1 is 1.13 bits per heavy atom. The van der Waals surface area contributed by atoms with Crippen molar-refractivity contribution in [2.45, 2.75) is 57.4 Å². The predicted molar refractivity (Wildman–Crippen MR) is 143 cm³/mol. The lowest BCUT2D eigenvalue weighted by Gasteiger charge is -2.42. The number of nitrogens with one attached hydrogen (secondary N) is 2. The quantitative estimate of drug-likeness (QED) is 0.494. The van der Waals surface area contributed by atoms with Crippen molar-refractivity contribution in [2.75, 3.05) is 19.0 Å². The average molecular weight is 533 g/mol. The van der Waals surface area contributed by atoms with Crippen molar-refractivity contribution in [2.24, 2.45) is 0 Å².